The van der Waals surface area contributed by atoms with Gasteiger partial charge in [-0.3, -0.25) is 0 Å². The number of nitrogens with one attached hydrogen (secondary N) is 1. The SMILES string of the molecule is Cc1c(Nc2ccc(C#N)nn2)cnn1-c1cccc(Cl)c1. The molecule has 0 aliphatic rings. The molecule has 1 aromatic carbocycles. The maximum atomic E-state index is 8.72. The van der Waals surface area contributed by atoms with Crippen LogP contribution in [0.25, 0.3) is 5.69 Å². The molecule has 22 heavy (non-hydrogen) atoms. The van der Waals surface area contributed by atoms with Crippen molar-refractivity contribution in [2.45, 2.75) is 6.92 Å². The number of aromatic nitrogens is 4. The number of hydrogen-bond acceptors (Lipinski definition) is 5. The minimum atomic E-state index is 0.275. The van der Waals surface area contributed by atoms with Crippen molar-refractivity contribution in [3.63, 3.8) is 0 Å². The molecule has 0 saturated carbocycles. The second-order valence-corrected chi connectivity index (χ2v) is 5.01. The minimum Gasteiger partial charge on any atom is -0.336 e. The van der Waals surface area contributed by atoms with Crippen molar-refractivity contribution in [2.24, 2.45) is 0 Å². The summed E-state index contributed by atoms with van der Waals surface area (Å²) >= 11 is 6.01. The number of rotatable bonds is 3. The summed E-state index contributed by atoms with van der Waals surface area (Å²) in [5.74, 6) is 0.549. The van der Waals surface area contributed by atoms with E-state index in [9.17, 15) is 0 Å². The average molecular weight is 311 g/mol. The molecule has 0 saturated heterocycles. The van der Waals surface area contributed by atoms with Crippen LogP contribution in [0.3, 0.4) is 0 Å². The fourth-order valence-electron chi connectivity index (χ4n) is 2.00. The van der Waals surface area contributed by atoms with E-state index in [0.717, 1.165) is 17.1 Å². The standard InChI is InChI=1S/C15H11ClN6/c1-10-14(19-15-6-5-12(8-17)20-21-15)9-18-22(10)13-4-2-3-11(16)7-13/h2-7,9H,1H3,(H,19,21). The average Bonchev–Trinajstić information content (AvgIpc) is 2.89. The van der Waals surface area contributed by atoms with E-state index in [-0.39, 0.29) is 5.69 Å². The summed E-state index contributed by atoms with van der Waals surface area (Å²) in [6.07, 6.45) is 1.70. The lowest BCUT2D eigenvalue weighted by Gasteiger charge is -2.07. The van der Waals surface area contributed by atoms with E-state index in [2.05, 4.69) is 20.6 Å². The molecule has 6 nitrogen and oxygen atoms in total. The minimum absolute atomic E-state index is 0.275. The van der Waals surface area contributed by atoms with Crippen LogP contribution in [0, 0.1) is 18.3 Å². The molecule has 0 aliphatic carbocycles. The second-order valence-electron chi connectivity index (χ2n) is 4.58. The highest BCUT2D eigenvalue weighted by Gasteiger charge is 2.09. The summed E-state index contributed by atoms with van der Waals surface area (Å²) in [5, 5.41) is 24.6. The fraction of sp³-hybridized carbons (Fsp3) is 0.0667. The highest BCUT2D eigenvalue weighted by atomic mass is 35.5. The molecule has 0 unspecified atom stereocenters. The van der Waals surface area contributed by atoms with E-state index >= 15 is 0 Å². The monoisotopic (exact) mass is 310 g/mol. The number of hydrogen-bond donors (Lipinski definition) is 1. The number of anilines is 2. The van der Waals surface area contributed by atoms with Crippen LogP contribution in [0.5, 0.6) is 0 Å². The van der Waals surface area contributed by atoms with E-state index in [1.54, 1.807) is 23.0 Å². The van der Waals surface area contributed by atoms with E-state index < -0.39 is 0 Å². The molecular weight excluding hydrogens is 300 g/mol. The maximum Gasteiger partial charge on any atom is 0.163 e. The van der Waals surface area contributed by atoms with Crippen molar-refractivity contribution in [2.75, 3.05) is 5.32 Å². The summed E-state index contributed by atoms with van der Waals surface area (Å²) in [5.41, 5.74) is 2.87. The molecule has 108 valence electrons. The van der Waals surface area contributed by atoms with Crippen LogP contribution in [-0.4, -0.2) is 20.0 Å². The van der Waals surface area contributed by atoms with Gasteiger partial charge in [0.15, 0.2) is 11.5 Å². The van der Waals surface area contributed by atoms with Gasteiger partial charge < -0.3 is 5.32 Å². The highest BCUT2D eigenvalue weighted by molar-refractivity contribution is 6.30. The van der Waals surface area contributed by atoms with Crippen molar-refractivity contribution >= 4 is 23.1 Å². The Balaban J connectivity index is 1.88. The Kier molecular flexibility index (Phi) is 3.73. The molecule has 7 heteroatoms. The van der Waals surface area contributed by atoms with E-state index in [1.165, 1.54) is 0 Å². The molecule has 0 fully saturated rings. The quantitative estimate of drug-likeness (QED) is 0.803. The van der Waals surface area contributed by atoms with Gasteiger partial charge in [0.1, 0.15) is 6.07 Å². The third kappa shape index (κ3) is 2.75. The summed E-state index contributed by atoms with van der Waals surface area (Å²) in [6.45, 7) is 1.94. The Bertz CT molecular complexity index is 847. The first kappa shape index (κ1) is 14.0. The van der Waals surface area contributed by atoms with Gasteiger partial charge in [0, 0.05) is 5.02 Å². The summed E-state index contributed by atoms with van der Waals surface area (Å²) in [7, 11) is 0. The van der Waals surface area contributed by atoms with Crippen LogP contribution in [0.15, 0.2) is 42.6 Å². The van der Waals surface area contributed by atoms with Gasteiger partial charge in [0.05, 0.1) is 23.3 Å². The van der Waals surface area contributed by atoms with Crippen molar-refractivity contribution in [1.82, 2.24) is 20.0 Å². The molecule has 1 N–H and O–H groups in total. The first-order valence-corrected chi connectivity index (χ1v) is 6.86. The van der Waals surface area contributed by atoms with Crippen LogP contribution < -0.4 is 5.32 Å². The first-order chi connectivity index (χ1) is 10.7. The predicted octanol–water partition coefficient (Wildman–Crippen LogP) is 3.24. The van der Waals surface area contributed by atoms with Crippen LogP contribution >= 0.6 is 11.6 Å². The van der Waals surface area contributed by atoms with Gasteiger partial charge in [-0.25, -0.2) is 4.68 Å². The number of nitrogens with zero attached hydrogens (tertiary/aromatic N) is 5. The first-order valence-electron chi connectivity index (χ1n) is 6.49. The van der Waals surface area contributed by atoms with Gasteiger partial charge in [0.25, 0.3) is 0 Å². The van der Waals surface area contributed by atoms with Gasteiger partial charge in [-0.2, -0.15) is 10.4 Å². The van der Waals surface area contributed by atoms with Crippen LogP contribution in [0.2, 0.25) is 5.02 Å². The molecule has 3 aromatic rings. The van der Waals surface area contributed by atoms with E-state index in [0.29, 0.717) is 10.8 Å². The van der Waals surface area contributed by atoms with Crippen molar-refractivity contribution in [3.8, 4) is 11.8 Å². The highest BCUT2D eigenvalue weighted by Crippen LogP contribution is 2.22. The third-order valence-corrected chi connectivity index (χ3v) is 3.34. The van der Waals surface area contributed by atoms with Gasteiger partial charge in [-0.15, -0.1) is 10.2 Å². The Morgan fingerprint density at radius 3 is 2.77 bits per heavy atom. The molecule has 0 spiro atoms. The van der Waals surface area contributed by atoms with Crippen molar-refractivity contribution in [3.05, 3.63) is 59.0 Å². The zero-order chi connectivity index (χ0) is 15.5. The van der Waals surface area contributed by atoms with Crippen molar-refractivity contribution < 1.29 is 0 Å². The lowest BCUT2D eigenvalue weighted by Crippen LogP contribution is -2.00. The summed E-state index contributed by atoms with van der Waals surface area (Å²) in [6, 6.07) is 12.7. The fourth-order valence-corrected chi connectivity index (χ4v) is 2.18. The zero-order valence-corrected chi connectivity index (χ0v) is 12.4. The van der Waals surface area contributed by atoms with Gasteiger partial charge in [-0.05, 0) is 37.3 Å². The van der Waals surface area contributed by atoms with Crippen molar-refractivity contribution in [1.29, 1.82) is 5.26 Å². The molecule has 0 amide bonds. The van der Waals surface area contributed by atoms with Crippen LogP contribution in [0.1, 0.15) is 11.4 Å². The summed E-state index contributed by atoms with van der Waals surface area (Å²) in [4.78, 5) is 0. The molecule has 0 radical (unpaired) electrons. The number of nitriles is 1. The molecule has 2 aromatic heterocycles. The molecule has 2 heterocycles. The lowest BCUT2D eigenvalue weighted by atomic mass is 10.3. The van der Waals surface area contributed by atoms with E-state index in [4.69, 9.17) is 16.9 Å². The molecule has 0 bridgehead atoms. The Hall–Kier alpha value is -2.91. The molecule has 3 rings (SSSR count). The Labute approximate surface area is 132 Å². The second kappa shape index (κ2) is 5.84. The maximum absolute atomic E-state index is 8.72. The topological polar surface area (TPSA) is 79.4 Å². The molecule has 0 aliphatic heterocycles. The van der Waals surface area contributed by atoms with E-state index in [1.807, 2.05) is 37.3 Å². The number of benzene rings is 1. The van der Waals surface area contributed by atoms with Gasteiger partial charge in [-0.1, -0.05) is 17.7 Å². The molecular formula is C15H11ClN6. The van der Waals surface area contributed by atoms with Gasteiger partial charge >= 0.3 is 0 Å². The number of halogens is 1. The summed E-state index contributed by atoms with van der Waals surface area (Å²) < 4.78 is 1.78. The smallest absolute Gasteiger partial charge is 0.163 e. The molecule has 0 atom stereocenters. The largest absolute Gasteiger partial charge is 0.336 e. The predicted molar refractivity (Wildman–Crippen MR) is 83.3 cm³/mol. The zero-order valence-electron chi connectivity index (χ0n) is 11.7. The lowest BCUT2D eigenvalue weighted by molar-refractivity contribution is 0.847. The third-order valence-electron chi connectivity index (χ3n) is 3.10. The van der Waals surface area contributed by atoms with Crippen LogP contribution in [-0.2, 0) is 0 Å². The normalized spacial score (nSPS) is 10.2. The van der Waals surface area contributed by atoms with Gasteiger partial charge in [0.2, 0.25) is 0 Å². The Morgan fingerprint density at radius 1 is 1.23 bits per heavy atom. The Morgan fingerprint density at radius 2 is 2.09 bits per heavy atom. The van der Waals surface area contributed by atoms with Crippen LogP contribution in [0.4, 0.5) is 11.5 Å².